The quantitative estimate of drug-likeness (QED) is 0.557. The molecule has 0 spiro atoms. The summed E-state index contributed by atoms with van der Waals surface area (Å²) in [5, 5.41) is 2.67. The van der Waals surface area contributed by atoms with Crippen molar-refractivity contribution in [1.82, 2.24) is 15.2 Å². The van der Waals surface area contributed by atoms with E-state index < -0.39 is 11.9 Å². The van der Waals surface area contributed by atoms with Crippen LogP contribution in [0.5, 0.6) is 0 Å². The number of halogens is 1. The molecule has 0 radical (unpaired) electrons. The highest BCUT2D eigenvalue weighted by Gasteiger charge is 2.32. The fourth-order valence-electron chi connectivity index (χ4n) is 2.99. The number of aliphatic imine (C=N–C) groups is 1. The predicted octanol–water partition coefficient (Wildman–Crippen LogP) is 2.96. The molecular weight excluding hydrogens is 389 g/mol. The molecule has 8 nitrogen and oxygen atoms in total. The van der Waals surface area contributed by atoms with E-state index in [0.717, 1.165) is 0 Å². The Morgan fingerprint density at radius 3 is 2.83 bits per heavy atom. The van der Waals surface area contributed by atoms with Gasteiger partial charge in [-0.05, 0) is 30.3 Å². The minimum atomic E-state index is -0.528. The van der Waals surface area contributed by atoms with E-state index >= 15 is 0 Å². The minimum absolute atomic E-state index is 0.138. The van der Waals surface area contributed by atoms with Crippen LogP contribution in [0.3, 0.4) is 0 Å². The zero-order valence-electron chi connectivity index (χ0n) is 17.1. The Hall–Kier alpha value is -3.49. The molecule has 2 amide bonds. The lowest BCUT2D eigenvalue weighted by atomic mass is 10.1. The molecule has 1 aliphatic rings. The zero-order chi connectivity index (χ0) is 21.7. The van der Waals surface area contributed by atoms with Crippen molar-refractivity contribution in [2.24, 2.45) is 4.99 Å². The first-order valence-electron chi connectivity index (χ1n) is 9.52. The van der Waals surface area contributed by atoms with Crippen molar-refractivity contribution in [3.8, 4) is 11.1 Å². The number of hydrogen-bond acceptors (Lipinski definition) is 5. The molecule has 2 heterocycles. The lowest BCUT2D eigenvalue weighted by Crippen LogP contribution is -2.27. The number of amides is 2. The standard InChI is InChI=1S/C21H24FN5O3/c1-14(28)23-9-8-17-12-27(21(29)30-17)16-5-6-18(19(22)10-16)15-4-7-20(24-11-15)25-13-26(2)3/h4-7,10-11,13,17H,8-9,12H2,1-3H3,(H,23,28)/t17-/m0/s1. The average molecular weight is 413 g/mol. The second kappa shape index (κ2) is 9.34. The Balaban J connectivity index is 1.69. The Labute approximate surface area is 174 Å². The van der Waals surface area contributed by atoms with E-state index in [-0.39, 0.29) is 12.0 Å². The molecule has 1 atom stereocenters. The predicted molar refractivity (Wildman–Crippen MR) is 112 cm³/mol. The van der Waals surface area contributed by atoms with Gasteiger partial charge < -0.3 is 15.0 Å². The van der Waals surface area contributed by atoms with Gasteiger partial charge in [0.15, 0.2) is 5.82 Å². The zero-order valence-corrected chi connectivity index (χ0v) is 17.1. The van der Waals surface area contributed by atoms with Crippen molar-refractivity contribution in [2.75, 3.05) is 32.1 Å². The molecule has 0 unspecified atom stereocenters. The van der Waals surface area contributed by atoms with Gasteiger partial charge in [-0.1, -0.05) is 0 Å². The van der Waals surface area contributed by atoms with Crippen molar-refractivity contribution < 1.29 is 18.7 Å². The van der Waals surface area contributed by atoms with E-state index in [1.807, 2.05) is 14.1 Å². The van der Waals surface area contributed by atoms with Crippen LogP contribution < -0.4 is 10.2 Å². The molecule has 2 aromatic rings. The lowest BCUT2D eigenvalue weighted by molar-refractivity contribution is -0.119. The highest BCUT2D eigenvalue weighted by molar-refractivity contribution is 5.90. The molecule has 1 saturated heterocycles. The fraction of sp³-hybridized carbons (Fsp3) is 0.333. The molecule has 0 saturated carbocycles. The van der Waals surface area contributed by atoms with E-state index in [2.05, 4.69) is 15.3 Å². The third kappa shape index (κ3) is 5.31. The fourth-order valence-corrected chi connectivity index (χ4v) is 2.99. The second-order valence-electron chi connectivity index (χ2n) is 7.17. The molecule has 1 N–H and O–H groups in total. The second-order valence-corrected chi connectivity index (χ2v) is 7.17. The minimum Gasteiger partial charge on any atom is -0.444 e. The Kier molecular flexibility index (Phi) is 6.61. The normalized spacial score (nSPS) is 16.1. The van der Waals surface area contributed by atoms with Crippen molar-refractivity contribution in [2.45, 2.75) is 19.4 Å². The third-order valence-electron chi connectivity index (χ3n) is 4.46. The van der Waals surface area contributed by atoms with Crippen LogP contribution in [0.2, 0.25) is 0 Å². The lowest BCUT2D eigenvalue weighted by Gasteiger charge is -2.14. The van der Waals surface area contributed by atoms with Gasteiger partial charge in [0, 0.05) is 51.3 Å². The topological polar surface area (TPSA) is 87.1 Å². The molecule has 1 aliphatic heterocycles. The maximum atomic E-state index is 14.8. The number of nitrogens with one attached hydrogen (secondary N) is 1. The number of aromatic nitrogens is 1. The smallest absolute Gasteiger partial charge is 0.414 e. The van der Waals surface area contributed by atoms with Gasteiger partial charge in [0.05, 0.1) is 18.6 Å². The summed E-state index contributed by atoms with van der Waals surface area (Å²) in [4.78, 5) is 34.7. The highest BCUT2D eigenvalue weighted by Crippen LogP contribution is 2.29. The molecule has 0 aliphatic carbocycles. The molecule has 0 bridgehead atoms. The van der Waals surface area contributed by atoms with Crippen molar-refractivity contribution >= 4 is 29.8 Å². The van der Waals surface area contributed by atoms with E-state index in [0.29, 0.717) is 42.1 Å². The summed E-state index contributed by atoms with van der Waals surface area (Å²) in [6.07, 6.45) is 2.81. The number of rotatable bonds is 7. The number of hydrogen-bond donors (Lipinski definition) is 1. The number of anilines is 1. The SMILES string of the molecule is CC(=O)NCC[C@H]1CN(c2ccc(-c3ccc(N=CN(C)C)nc3)c(F)c2)C(=O)O1. The van der Waals surface area contributed by atoms with Crippen LogP contribution >= 0.6 is 0 Å². The Morgan fingerprint density at radius 1 is 1.40 bits per heavy atom. The van der Waals surface area contributed by atoms with Crippen LogP contribution in [-0.2, 0) is 9.53 Å². The highest BCUT2D eigenvalue weighted by atomic mass is 19.1. The van der Waals surface area contributed by atoms with Gasteiger partial charge in [0.25, 0.3) is 0 Å². The largest absolute Gasteiger partial charge is 0.444 e. The average Bonchev–Trinajstić information content (AvgIpc) is 3.07. The summed E-state index contributed by atoms with van der Waals surface area (Å²) < 4.78 is 20.1. The summed E-state index contributed by atoms with van der Waals surface area (Å²) in [7, 11) is 3.71. The van der Waals surface area contributed by atoms with Gasteiger partial charge in [-0.2, -0.15) is 0 Å². The molecule has 1 aromatic carbocycles. The monoisotopic (exact) mass is 413 g/mol. The van der Waals surface area contributed by atoms with E-state index in [9.17, 15) is 14.0 Å². The molecule has 9 heteroatoms. The first-order chi connectivity index (χ1) is 14.3. The molecular formula is C21H24FN5O3. The third-order valence-corrected chi connectivity index (χ3v) is 4.46. The first-order valence-corrected chi connectivity index (χ1v) is 9.52. The van der Waals surface area contributed by atoms with Gasteiger partial charge >= 0.3 is 6.09 Å². The molecule has 30 heavy (non-hydrogen) atoms. The van der Waals surface area contributed by atoms with Gasteiger partial charge in [0.2, 0.25) is 5.91 Å². The van der Waals surface area contributed by atoms with Crippen LogP contribution in [0, 0.1) is 5.82 Å². The maximum Gasteiger partial charge on any atom is 0.414 e. The Morgan fingerprint density at radius 2 is 2.20 bits per heavy atom. The van der Waals surface area contributed by atoms with Gasteiger partial charge in [-0.3, -0.25) is 9.69 Å². The van der Waals surface area contributed by atoms with Crippen LogP contribution in [0.1, 0.15) is 13.3 Å². The summed E-state index contributed by atoms with van der Waals surface area (Å²) in [5.74, 6) is -0.0798. The van der Waals surface area contributed by atoms with Crippen LogP contribution in [0.15, 0.2) is 41.5 Å². The Bertz CT molecular complexity index is 946. The van der Waals surface area contributed by atoms with E-state index in [4.69, 9.17) is 4.74 Å². The number of ether oxygens (including phenoxy) is 1. The van der Waals surface area contributed by atoms with Crippen LogP contribution in [0.4, 0.5) is 20.7 Å². The molecule has 158 valence electrons. The molecule has 1 fully saturated rings. The number of nitrogens with zero attached hydrogens (tertiary/aromatic N) is 4. The van der Waals surface area contributed by atoms with E-state index in [1.165, 1.54) is 17.9 Å². The van der Waals surface area contributed by atoms with Gasteiger partial charge in [-0.15, -0.1) is 0 Å². The van der Waals surface area contributed by atoms with E-state index in [1.54, 1.807) is 41.7 Å². The number of benzene rings is 1. The summed E-state index contributed by atoms with van der Waals surface area (Å²) in [6, 6.07) is 8.05. The number of pyridine rings is 1. The van der Waals surface area contributed by atoms with Gasteiger partial charge in [-0.25, -0.2) is 19.2 Å². The summed E-state index contributed by atoms with van der Waals surface area (Å²) in [5.41, 5.74) is 1.41. The summed E-state index contributed by atoms with van der Waals surface area (Å²) in [6.45, 7) is 2.14. The van der Waals surface area contributed by atoms with Crippen LogP contribution in [0.25, 0.3) is 11.1 Å². The number of carbonyl (C=O) groups excluding carboxylic acids is 2. The van der Waals surface area contributed by atoms with Crippen molar-refractivity contribution in [3.05, 3.63) is 42.3 Å². The number of cyclic esters (lactones) is 1. The summed E-state index contributed by atoms with van der Waals surface area (Å²) >= 11 is 0. The van der Waals surface area contributed by atoms with Crippen LogP contribution in [-0.4, -0.2) is 61.5 Å². The van der Waals surface area contributed by atoms with Crippen molar-refractivity contribution in [3.63, 3.8) is 0 Å². The maximum absolute atomic E-state index is 14.8. The number of carbonyl (C=O) groups is 2. The van der Waals surface area contributed by atoms with Gasteiger partial charge in [0.1, 0.15) is 11.9 Å². The molecule has 1 aromatic heterocycles. The van der Waals surface area contributed by atoms with Crippen molar-refractivity contribution in [1.29, 1.82) is 0 Å². The molecule has 3 rings (SSSR count). The first kappa shape index (κ1) is 21.2.